The largest absolute Gasteiger partial charge is 0.452 e. The fraction of sp³-hybridized carbons (Fsp3) is 0.579. The van der Waals surface area contributed by atoms with E-state index < -0.39 is 16.0 Å². The number of rotatable bonds is 5. The third kappa shape index (κ3) is 4.50. The average Bonchev–Trinajstić information content (AvgIpc) is 3.22. The molecule has 2 aliphatic heterocycles. The summed E-state index contributed by atoms with van der Waals surface area (Å²) in [6, 6.07) is 5.86. The molecule has 2 saturated heterocycles. The molecular weight excluding hydrogens is 368 g/mol. The highest BCUT2D eigenvalue weighted by atomic mass is 32.2. The number of carbonyl (C=O) groups is 2. The molecule has 0 unspecified atom stereocenters. The van der Waals surface area contributed by atoms with Gasteiger partial charge in [-0.15, -0.1) is 0 Å². The Morgan fingerprint density at radius 3 is 2.30 bits per heavy atom. The molecule has 1 atom stereocenters. The van der Waals surface area contributed by atoms with Crippen molar-refractivity contribution >= 4 is 21.9 Å². The number of esters is 1. The molecule has 3 rings (SSSR count). The SMILES string of the molecule is C[C@@H]1CCCCN1C(=O)COC(=O)c1ccc(S(=O)(=O)N2CCCC2)cc1. The predicted octanol–water partition coefficient (Wildman–Crippen LogP) is 2.03. The van der Waals surface area contributed by atoms with Crippen molar-refractivity contribution in [2.75, 3.05) is 26.2 Å². The molecule has 8 heteroatoms. The monoisotopic (exact) mass is 394 g/mol. The summed E-state index contributed by atoms with van der Waals surface area (Å²) in [6.45, 7) is 3.46. The summed E-state index contributed by atoms with van der Waals surface area (Å²) in [4.78, 5) is 26.3. The minimum absolute atomic E-state index is 0.166. The first-order valence-electron chi connectivity index (χ1n) is 9.46. The number of piperidine rings is 1. The van der Waals surface area contributed by atoms with Crippen LogP contribution in [0.1, 0.15) is 49.4 Å². The Labute approximate surface area is 160 Å². The van der Waals surface area contributed by atoms with Gasteiger partial charge in [0.25, 0.3) is 5.91 Å². The minimum Gasteiger partial charge on any atom is -0.452 e. The number of sulfonamides is 1. The zero-order chi connectivity index (χ0) is 19.4. The second-order valence-corrected chi connectivity index (χ2v) is 9.08. The van der Waals surface area contributed by atoms with Crippen LogP contribution in [0.15, 0.2) is 29.2 Å². The van der Waals surface area contributed by atoms with Gasteiger partial charge in [0, 0.05) is 25.7 Å². The third-order valence-corrected chi connectivity index (χ3v) is 7.16. The van der Waals surface area contributed by atoms with Crippen LogP contribution in [0.25, 0.3) is 0 Å². The van der Waals surface area contributed by atoms with Gasteiger partial charge < -0.3 is 9.64 Å². The van der Waals surface area contributed by atoms with E-state index in [1.165, 1.54) is 28.6 Å². The molecule has 0 N–H and O–H groups in total. The van der Waals surface area contributed by atoms with Crippen molar-refractivity contribution in [2.45, 2.75) is 50.0 Å². The van der Waals surface area contributed by atoms with Crippen LogP contribution in [0.5, 0.6) is 0 Å². The summed E-state index contributed by atoms with van der Waals surface area (Å²) in [5.74, 6) is -0.818. The molecule has 2 heterocycles. The number of hydrogen-bond donors (Lipinski definition) is 0. The Bertz CT molecular complexity index is 785. The Morgan fingerprint density at radius 1 is 1.04 bits per heavy atom. The van der Waals surface area contributed by atoms with Gasteiger partial charge in [-0.25, -0.2) is 13.2 Å². The smallest absolute Gasteiger partial charge is 0.338 e. The topological polar surface area (TPSA) is 84.0 Å². The zero-order valence-electron chi connectivity index (χ0n) is 15.6. The van der Waals surface area contributed by atoms with Crippen LogP contribution in [0.3, 0.4) is 0 Å². The lowest BCUT2D eigenvalue weighted by Gasteiger charge is -2.33. The third-order valence-electron chi connectivity index (χ3n) is 5.24. The number of nitrogens with zero attached hydrogens (tertiary/aromatic N) is 2. The first kappa shape index (κ1) is 19.8. The molecule has 0 aromatic heterocycles. The van der Waals surface area contributed by atoms with Crippen LogP contribution in [-0.2, 0) is 19.6 Å². The first-order valence-corrected chi connectivity index (χ1v) is 10.9. The van der Waals surface area contributed by atoms with E-state index in [1.54, 1.807) is 4.90 Å². The van der Waals surface area contributed by atoms with Crippen LogP contribution in [0, 0.1) is 0 Å². The second-order valence-electron chi connectivity index (χ2n) is 7.14. The van der Waals surface area contributed by atoms with Crippen LogP contribution in [-0.4, -0.2) is 61.8 Å². The van der Waals surface area contributed by atoms with Crippen molar-refractivity contribution in [1.82, 2.24) is 9.21 Å². The quantitative estimate of drug-likeness (QED) is 0.714. The Morgan fingerprint density at radius 2 is 1.67 bits per heavy atom. The Kier molecular flexibility index (Phi) is 6.16. The number of hydrogen-bond acceptors (Lipinski definition) is 5. The summed E-state index contributed by atoms with van der Waals surface area (Å²) in [6.07, 6.45) is 4.78. The summed E-state index contributed by atoms with van der Waals surface area (Å²) in [5, 5.41) is 0. The molecule has 0 aliphatic carbocycles. The van der Waals surface area contributed by atoms with Crippen LogP contribution in [0.4, 0.5) is 0 Å². The summed E-state index contributed by atoms with van der Waals surface area (Å²) in [5.41, 5.74) is 0.231. The predicted molar refractivity (Wildman–Crippen MR) is 99.7 cm³/mol. The fourth-order valence-corrected chi connectivity index (χ4v) is 5.12. The molecule has 0 spiro atoms. The van der Waals surface area contributed by atoms with E-state index in [0.29, 0.717) is 19.6 Å². The molecule has 0 saturated carbocycles. The molecule has 2 fully saturated rings. The lowest BCUT2D eigenvalue weighted by molar-refractivity contribution is -0.137. The van der Waals surface area contributed by atoms with Crippen molar-refractivity contribution < 1.29 is 22.7 Å². The second kappa shape index (κ2) is 8.39. The molecule has 1 aromatic carbocycles. The Hall–Kier alpha value is -1.93. The van der Waals surface area contributed by atoms with Gasteiger partial charge in [0.1, 0.15) is 0 Å². The minimum atomic E-state index is -3.51. The van der Waals surface area contributed by atoms with Crippen molar-refractivity contribution in [1.29, 1.82) is 0 Å². The molecule has 148 valence electrons. The lowest BCUT2D eigenvalue weighted by Crippen LogP contribution is -2.44. The summed E-state index contributed by atoms with van der Waals surface area (Å²) < 4.78 is 31.6. The standard InChI is InChI=1S/C19H26N2O5S/c1-15-6-2-3-13-21(15)18(22)14-26-19(23)16-7-9-17(10-8-16)27(24,25)20-11-4-5-12-20/h7-10,15H,2-6,11-14H2,1H3/t15-/m1/s1. The molecule has 7 nitrogen and oxygen atoms in total. The van der Waals surface area contributed by atoms with E-state index in [2.05, 4.69) is 0 Å². The van der Waals surface area contributed by atoms with Crippen LogP contribution in [0.2, 0.25) is 0 Å². The zero-order valence-corrected chi connectivity index (χ0v) is 16.4. The van der Waals surface area contributed by atoms with E-state index in [-0.39, 0.29) is 29.0 Å². The van der Waals surface area contributed by atoms with Gasteiger partial charge in [0.2, 0.25) is 10.0 Å². The van der Waals surface area contributed by atoms with Gasteiger partial charge in [-0.05, 0) is 63.3 Å². The Balaban J connectivity index is 1.58. The molecule has 27 heavy (non-hydrogen) atoms. The number of amides is 1. The molecule has 0 bridgehead atoms. The number of ether oxygens (including phenoxy) is 1. The first-order chi connectivity index (χ1) is 12.9. The van der Waals surface area contributed by atoms with Crippen molar-refractivity contribution in [3.8, 4) is 0 Å². The summed E-state index contributed by atoms with van der Waals surface area (Å²) >= 11 is 0. The average molecular weight is 394 g/mol. The molecule has 0 radical (unpaired) electrons. The van der Waals surface area contributed by atoms with E-state index >= 15 is 0 Å². The van der Waals surface area contributed by atoms with Gasteiger partial charge in [-0.3, -0.25) is 4.79 Å². The number of likely N-dealkylation sites (tertiary alicyclic amines) is 1. The number of carbonyl (C=O) groups excluding carboxylic acids is 2. The molecular formula is C19H26N2O5S. The van der Waals surface area contributed by atoms with Crippen molar-refractivity contribution in [3.05, 3.63) is 29.8 Å². The molecule has 1 aromatic rings. The van der Waals surface area contributed by atoms with Gasteiger partial charge in [0.15, 0.2) is 6.61 Å². The maximum Gasteiger partial charge on any atom is 0.338 e. The van der Waals surface area contributed by atoms with Crippen LogP contribution >= 0.6 is 0 Å². The van der Waals surface area contributed by atoms with E-state index in [0.717, 1.165) is 32.1 Å². The van der Waals surface area contributed by atoms with Crippen molar-refractivity contribution in [2.24, 2.45) is 0 Å². The lowest BCUT2D eigenvalue weighted by atomic mass is 10.0. The van der Waals surface area contributed by atoms with Gasteiger partial charge in [-0.1, -0.05) is 0 Å². The van der Waals surface area contributed by atoms with E-state index in [4.69, 9.17) is 4.74 Å². The van der Waals surface area contributed by atoms with E-state index in [9.17, 15) is 18.0 Å². The van der Waals surface area contributed by atoms with Crippen molar-refractivity contribution in [3.63, 3.8) is 0 Å². The summed E-state index contributed by atoms with van der Waals surface area (Å²) in [7, 11) is -3.51. The van der Waals surface area contributed by atoms with Gasteiger partial charge >= 0.3 is 5.97 Å². The highest BCUT2D eigenvalue weighted by molar-refractivity contribution is 7.89. The maximum absolute atomic E-state index is 12.5. The van der Waals surface area contributed by atoms with Crippen LogP contribution < -0.4 is 0 Å². The highest BCUT2D eigenvalue weighted by Gasteiger charge is 2.27. The fourth-order valence-electron chi connectivity index (χ4n) is 3.60. The molecule has 2 aliphatic rings. The molecule has 1 amide bonds. The van der Waals surface area contributed by atoms with Gasteiger partial charge in [-0.2, -0.15) is 4.31 Å². The highest BCUT2D eigenvalue weighted by Crippen LogP contribution is 2.21. The maximum atomic E-state index is 12.5. The van der Waals surface area contributed by atoms with Gasteiger partial charge in [0.05, 0.1) is 10.5 Å². The number of benzene rings is 1. The normalized spacial score (nSPS) is 21.2. The van der Waals surface area contributed by atoms with E-state index in [1.807, 2.05) is 6.92 Å².